The van der Waals surface area contributed by atoms with E-state index >= 15 is 0 Å². The molecule has 0 fully saturated rings. The molecule has 0 unspecified atom stereocenters. The number of nitriles is 1. The van der Waals surface area contributed by atoms with Crippen molar-refractivity contribution in [2.45, 2.75) is 13.0 Å². The lowest BCUT2D eigenvalue weighted by Gasteiger charge is -2.08. The van der Waals surface area contributed by atoms with Crippen LogP contribution in [0.15, 0.2) is 95.5 Å². The Morgan fingerprint density at radius 1 is 0.829 bits per heavy atom. The van der Waals surface area contributed by atoms with E-state index in [2.05, 4.69) is 59.3 Å². The molecule has 0 atom stereocenters. The highest BCUT2D eigenvalue weighted by Crippen LogP contribution is 2.37. The van der Waals surface area contributed by atoms with Gasteiger partial charge >= 0.3 is 0 Å². The average Bonchev–Trinajstić information content (AvgIpc) is 3.42. The summed E-state index contributed by atoms with van der Waals surface area (Å²) in [6.45, 7) is 1.22. The molecule has 0 spiro atoms. The molecule has 0 aliphatic carbocycles. The maximum Gasteiger partial charge on any atom is 0.143 e. The van der Waals surface area contributed by atoms with Crippen molar-refractivity contribution in [2.24, 2.45) is 5.73 Å². The monoisotopic (exact) mass is 477 g/mol. The predicted molar refractivity (Wildman–Crippen MR) is 145 cm³/mol. The smallest absolute Gasteiger partial charge is 0.143 e. The lowest BCUT2D eigenvalue weighted by Crippen LogP contribution is -2.02. The van der Waals surface area contributed by atoms with Crippen molar-refractivity contribution < 1.29 is 4.42 Å². The molecule has 0 saturated carbocycles. The Bertz CT molecular complexity index is 1720. The van der Waals surface area contributed by atoms with Crippen molar-refractivity contribution in [2.75, 3.05) is 6.54 Å². The summed E-state index contributed by atoms with van der Waals surface area (Å²) in [6, 6.07) is 31.1. The van der Waals surface area contributed by atoms with Crippen LogP contribution in [-0.4, -0.2) is 11.1 Å². The Balaban J connectivity index is 0.00000253. The van der Waals surface area contributed by atoms with Crippen LogP contribution in [0.25, 0.3) is 44.0 Å². The first-order valence-corrected chi connectivity index (χ1v) is 11.5. The molecule has 0 amide bonds. The molecule has 2 aromatic heterocycles. The molecule has 0 bridgehead atoms. The molecular formula is C30H24ClN3O. The zero-order valence-corrected chi connectivity index (χ0v) is 19.9. The highest BCUT2D eigenvalue weighted by Gasteiger charge is 2.15. The fourth-order valence-electron chi connectivity index (χ4n) is 4.95. The first-order valence-electron chi connectivity index (χ1n) is 11.5. The van der Waals surface area contributed by atoms with Gasteiger partial charge < -0.3 is 14.7 Å². The lowest BCUT2D eigenvalue weighted by atomic mass is 9.99. The number of hydrogen-bond donors (Lipinski definition) is 1. The van der Waals surface area contributed by atoms with Crippen LogP contribution in [0.3, 0.4) is 0 Å². The Morgan fingerprint density at radius 2 is 1.63 bits per heavy atom. The summed E-state index contributed by atoms with van der Waals surface area (Å²) in [5.41, 5.74) is 14.0. The minimum Gasteiger partial charge on any atom is -0.455 e. The summed E-state index contributed by atoms with van der Waals surface area (Å²) < 4.78 is 8.51. The first-order chi connectivity index (χ1) is 16.8. The van der Waals surface area contributed by atoms with Crippen LogP contribution >= 0.6 is 12.4 Å². The predicted octanol–water partition coefficient (Wildman–Crippen LogP) is 7.05. The van der Waals surface area contributed by atoms with Crippen molar-refractivity contribution in [1.29, 1.82) is 5.26 Å². The number of aromatic nitrogens is 1. The van der Waals surface area contributed by atoms with Gasteiger partial charge in [0.1, 0.15) is 11.2 Å². The van der Waals surface area contributed by atoms with Gasteiger partial charge in [0.2, 0.25) is 0 Å². The summed E-state index contributed by atoms with van der Waals surface area (Å²) in [6.07, 6.45) is 2.97. The zero-order chi connectivity index (χ0) is 23.1. The summed E-state index contributed by atoms with van der Waals surface area (Å²) in [7, 11) is 0. The number of rotatable bonds is 5. The topological polar surface area (TPSA) is 67.9 Å². The largest absolute Gasteiger partial charge is 0.455 e. The molecule has 172 valence electrons. The highest BCUT2D eigenvalue weighted by atomic mass is 35.5. The van der Waals surface area contributed by atoms with E-state index < -0.39 is 0 Å². The average molecular weight is 478 g/mol. The molecule has 2 N–H and O–H groups in total. The normalized spacial score (nSPS) is 11.1. The molecule has 0 aliphatic rings. The molecule has 4 nitrogen and oxygen atoms in total. The lowest BCUT2D eigenvalue weighted by molar-refractivity contribution is 0.670. The summed E-state index contributed by atoms with van der Waals surface area (Å²) in [5.74, 6) is 0. The van der Waals surface area contributed by atoms with E-state index in [-0.39, 0.29) is 12.4 Å². The zero-order valence-electron chi connectivity index (χ0n) is 19.1. The highest BCUT2D eigenvalue weighted by molar-refractivity contribution is 6.10. The third kappa shape index (κ3) is 3.85. The van der Waals surface area contributed by atoms with E-state index in [4.69, 9.17) is 10.2 Å². The Hall–Kier alpha value is -4.04. The standard InChI is InChI=1S/C30H23N3O.ClH/c31-15-14-23-19-33(18-22-7-2-1-6-21(22)17-32)28-13-12-20(16-27(23)28)24-9-5-10-26-25-8-3-4-11-29(25)34-30(24)26;/h1-13,16,19H,14-15,18,31H2;1H. The van der Waals surface area contributed by atoms with Gasteiger partial charge in [-0.05, 0) is 53.9 Å². The van der Waals surface area contributed by atoms with E-state index in [9.17, 15) is 5.26 Å². The molecule has 6 rings (SSSR count). The minimum atomic E-state index is 0. The second-order valence-electron chi connectivity index (χ2n) is 8.60. The van der Waals surface area contributed by atoms with Crippen LogP contribution in [0.5, 0.6) is 0 Å². The van der Waals surface area contributed by atoms with Crippen LogP contribution < -0.4 is 5.73 Å². The van der Waals surface area contributed by atoms with Crippen LogP contribution in [0.4, 0.5) is 0 Å². The Morgan fingerprint density at radius 3 is 2.49 bits per heavy atom. The van der Waals surface area contributed by atoms with Gasteiger partial charge in [-0.15, -0.1) is 12.4 Å². The number of para-hydroxylation sites is 2. The van der Waals surface area contributed by atoms with E-state index in [1.807, 2.05) is 42.5 Å². The van der Waals surface area contributed by atoms with E-state index in [0.717, 1.165) is 50.6 Å². The van der Waals surface area contributed by atoms with Crippen molar-refractivity contribution in [3.05, 3.63) is 108 Å². The van der Waals surface area contributed by atoms with Gasteiger partial charge in [0.05, 0.1) is 11.6 Å². The van der Waals surface area contributed by atoms with E-state index in [1.54, 1.807) is 0 Å². The number of nitrogens with zero attached hydrogens (tertiary/aromatic N) is 2. The quantitative estimate of drug-likeness (QED) is 0.289. The maximum atomic E-state index is 9.52. The van der Waals surface area contributed by atoms with Gasteiger partial charge in [0.15, 0.2) is 0 Å². The molecule has 4 aromatic carbocycles. The number of hydrogen-bond acceptors (Lipinski definition) is 3. The minimum absolute atomic E-state index is 0. The van der Waals surface area contributed by atoms with Gasteiger partial charge in [-0.1, -0.05) is 60.7 Å². The van der Waals surface area contributed by atoms with Crippen LogP contribution in [0.2, 0.25) is 0 Å². The second kappa shape index (κ2) is 9.31. The van der Waals surface area contributed by atoms with Crippen molar-refractivity contribution >= 4 is 45.2 Å². The van der Waals surface area contributed by atoms with Crippen molar-refractivity contribution in [3.8, 4) is 17.2 Å². The van der Waals surface area contributed by atoms with Gasteiger partial charge in [-0.2, -0.15) is 5.26 Å². The fourth-order valence-corrected chi connectivity index (χ4v) is 4.95. The van der Waals surface area contributed by atoms with Gasteiger partial charge in [0, 0.05) is 40.0 Å². The number of halogens is 1. The SMILES string of the molecule is Cl.N#Cc1ccccc1Cn1cc(CCN)c2cc(-c3cccc4c3oc3ccccc34)ccc21. The van der Waals surface area contributed by atoms with Gasteiger partial charge in [0.25, 0.3) is 0 Å². The summed E-state index contributed by atoms with van der Waals surface area (Å²) in [5, 5.41) is 13.0. The fraction of sp³-hybridized carbons (Fsp3) is 0.100. The Kier molecular flexibility index (Phi) is 6.05. The third-order valence-electron chi connectivity index (χ3n) is 6.57. The molecule has 35 heavy (non-hydrogen) atoms. The molecule has 0 aliphatic heterocycles. The first kappa shape index (κ1) is 22.7. The van der Waals surface area contributed by atoms with Crippen LogP contribution in [-0.2, 0) is 13.0 Å². The number of furan rings is 1. The summed E-state index contributed by atoms with van der Waals surface area (Å²) >= 11 is 0. The number of fused-ring (bicyclic) bond motifs is 4. The molecule has 0 saturated heterocycles. The van der Waals surface area contributed by atoms with Crippen LogP contribution in [0, 0.1) is 11.3 Å². The third-order valence-corrected chi connectivity index (χ3v) is 6.57. The van der Waals surface area contributed by atoms with Crippen molar-refractivity contribution in [3.63, 3.8) is 0 Å². The molecule has 2 heterocycles. The molecule has 6 aromatic rings. The maximum absolute atomic E-state index is 9.52. The number of benzene rings is 4. The summed E-state index contributed by atoms with van der Waals surface area (Å²) in [4.78, 5) is 0. The molecular weight excluding hydrogens is 454 g/mol. The van der Waals surface area contributed by atoms with Crippen molar-refractivity contribution in [1.82, 2.24) is 4.57 Å². The van der Waals surface area contributed by atoms with Crippen LogP contribution in [0.1, 0.15) is 16.7 Å². The molecule has 5 heteroatoms. The van der Waals surface area contributed by atoms with Gasteiger partial charge in [-0.25, -0.2) is 0 Å². The van der Waals surface area contributed by atoms with E-state index in [0.29, 0.717) is 18.7 Å². The number of nitrogens with two attached hydrogens (primary N) is 1. The van der Waals surface area contributed by atoms with E-state index in [1.165, 1.54) is 10.9 Å². The van der Waals surface area contributed by atoms with Gasteiger partial charge in [-0.3, -0.25) is 0 Å². The Labute approximate surface area is 209 Å². The second-order valence-corrected chi connectivity index (χ2v) is 8.60. The molecule has 0 radical (unpaired) electrons.